The average molecular weight is 351 g/mol. The number of ether oxygens (including phenoxy) is 2. The highest BCUT2D eigenvalue weighted by Gasteiger charge is 1.98. The second-order valence-corrected chi connectivity index (χ2v) is 7.37. The molecule has 5 heteroatoms. The van der Waals surface area contributed by atoms with Crippen LogP contribution in [-0.2, 0) is 14.0 Å². The van der Waals surface area contributed by atoms with Crippen molar-refractivity contribution in [2.75, 3.05) is 20.3 Å². The van der Waals surface area contributed by atoms with Crippen molar-refractivity contribution in [3.63, 3.8) is 0 Å². The van der Waals surface area contributed by atoms with E-state index in [0.717, 1.165) is 43.2 Å². The van der Waals surface area contributed by atoms with Gasteiger partial charge in [-0.3, -0.25) is 0 Å². The molecule has 0 amide bonds. The van der Waals surface area contributed by atoms with E-state index < -0.39 is 0 Å². The second kappa shape index (κ2) is 13.8. The molecule has 0 bridgehead atoms. The molecule has 0 unspecified atom stereocenters. The molecule has 1 rings (SSSR count). The predicted molar refractivity (Wildman–Crippen MR) is 101 cm³/mol. The fourth-order valence-electron chi connectivity index (χ4n) is 2.13. The standard InChI is InChI=1S/C19H30O4Si/c1-3-4-5-14-22-18-11-8-17(9-12-18)10-13-19(20)23-15-6-7-16-24-21-2/h8-13H,3-7,14-16,24H2,1-2H3. The highest BCUT2D eigenvalue weighted by Crippen LogP contribution is 2.14. The van der Waals surface area contributed by atoms with Crippen molar-refractivity contribution in [3.8, 4) is 5.75 Å². The van der Waals surface area contributed by atoms with Gasteiger partial charge in [0.1, 0.15) is 5.75 Å². The fraction of sp³-hybridized carbons (Fsp3) is 0.526. The summed E-state index contributed by atoms with van der Waals surface area (Å²) in [5.74, 6) is 0.573. The van der Waals surface area contributed by atoms with E-state index in [1.807, 2.05) is 24.3 Å². The smallest absolute Gasteiger partial charge is 0.330 e. The van der Waals surface area contributed by atoms with Crippen molar-refractivity contribution >= 4 is 21.8 Å². The second-order valence-electron chi connectivity index (χ2n) is 5.68. The normalized spacial score (nSPS) is 11.4. The summed E-state index contributed by atoms with van der Waals surface area (Å²) in [6, 6.07) is 8.87. The summed E-state index contributed by atoms with van der Waals surface area (Å²) in [5.41, 5.74) is 0.957. The molecule has 1 aromatic rings. The summed E-state index contributed by atoms with van der Waals surface area (Å²) >= 11 is 0. The van der Waals surface area contributed by atoms with Crippen LogP contribution >= 0.6 is 0 Å². The molecule has 0 aliphatic heterocycles. The fourth-order valence-corrected chi connectivity index (χ4v) is 2.97. The van der Waals surface area contributed by atoms with E-state index in [0.29, 0.717) is 6.61 Å². The number of carbonyl (C=O) groups is 1. The van der Waals surface area contributed by atoms with Gasteiger partial charge in [-0.05, 0) is 42.7 Å². The van der Waals surface area contributed by atoms with Gasteiger partial charge in [0.2, 0.25) is 0 Å². The molecule has 0 heterocycles. The molecule has 0 aromatic heterocycles. The number of benzene rings is 1. The highest BCUT2D eigenvalue weighted by molar-refractivity contribution is 6.26. The molecule has 24 heavy (non-hydrogen) atoms. The SMILES string of the molecule is CCCCCOc1ccc(C=CC(=O)OCCCC[SiH2]OC)cc1. The lowest BCUT2D eigenvalue weighted by atomic mass is 10.2. The Morgan fingerprint density at radius 3 is 2.54 bits per heavy atom. The number of rotatable bonds is 13. The molecule has 0 aliphatic carbocycles. The first-order valence-corrected chi connectivity index (χ1v) is 10.4. The maximum Gasteiger partial charge on any atom is 0.330 e. The zero-order valence-corrected chi connectivity index (χ0v) is 16.4. The minimum absolute atomic E-state index is 0.293. The molecule has 1 aromatic carbocycles. The highest BCUT2D eigenvalue weighted by atomic mass is 28.2. The van der Waals surface area contributed by atoms with Crippen LogP contribution in [0.15, 0.2) is 30.3 Å². The van der Waals surface area contributed by atoms with Gasteiger partial charge >= 0.3 is 5.97 Å². The van der Waals surface area contributed by atoms with Gasteiger partial charge in [-0.25, -0.2) is 4.79 Å². The van der Waals surface area contributed by atoms with Crippen LogP contribution in [0.5, 0.6) is 5.75 Å². The first-order valence-electron chi connectivity index (χ1n) is 8.83. The Balaban J connectivity index is 2.22. The van der Waals surface area contributed by atoms with Gasteiger partial charge in [-0.15, -0.1) is 0 Å². The zero-order chi connectivity index (χ0) is 17.5. The number of esters is 1. The van der Waals surface area contributed by atoms with Gasteiger partial charge in [0.25, 0.3) is 0 Å². The Morgan fingerprint density at radius 2 is 1.83 bits per heavy atom. The van der Waals surface area contributed by atoms with Gasteiger partial charge in [-0.2, -0.15) is 0 Å². The Morgan fingerprint density at radius 1 is 1.08 bits per heavy atom. The molecule has 0 aliphatic rings. The van der Waals surface area contributed by atoms with Gasteiger partial charge < -0.3 is 13.9 Å². The lowest BCUT2D eigenvalue weighted by Gasteiger charge is -2.05. The maximum atomic E-state index is 11.6. The van der Waals surface area contributed by atoms with E-state index in [-0.39, 0.29) is 15.7 Å². The lowest BCUT2D eigenvalue weighted by Crippen LogP contribution is -2.03. The molecular formula is C19H30O4Si. The van der Waals surface area contributed by atoms with Crippen LogP contribution in [0.3, 0.4) is 0 Å². The number of carbonyl (C=O) groups excluding carboxylic acids is 1. The molecular weight excluding hydrogens is 320 g/mol. The third-order valence-corrected chi connectivity index (χ3v) is 4.74. The van der Waals surface area contributed by atoms with Crippen molar-refractivity contribution in [2.45, 2.75) is 45.1 Å². The summed E-state index contributed by atoms with van der Waals surface area (Å²) in [5, 5.41) is 0. The first-order chi connectivity index (χ1) is 11.8. The summed E-state index contributed by atoms with van der Waals surface area (Å²) in [6.07, 6.45) is 8.67. The minimum Gasteiger partial charge on any atom is -0.494 e. The van der Waals surface area contributed by atoms with Gasteiger partial charge in [0.15, 0.2) is 9.76 Å². The van der Waals surface area contributed by atoms with Crippen LogP contribution in [-0.4, -0.2) is 36.1 Å². The average Bonchev–Trinajstić information content (AvgIpc) is 2.61. The third kappa shape index (κ3) is 10.2. The summed E-state index contributed by atoms with van der Waals surface area (Å²) < 4.78 is 15.9. The minimum atomic E-state index is -0.347. The monoisotopic (exact) mass is 350 g/mol. The molecule has 0 N–H and O–H groups in total. The molecule has 134 valence electrons. The molecule has 4 nitrogen and oxygen atoms in total. The van der Waals surface area contributed by atoms with Gasteiger partial charge in [0.05, 0.1) is 13.2 Å². The van der Waals surface area contributed by atoms with Crippen LogP contribution in [0.1, 0.15) is 44.6 Å². The molecule has 0 spiro atoms. The molecule has 0 radical (unpaired) electrons. The van der Waals surface area contributed by atoms with E-state index in [2.05, 4.69) is 6.92 Å². The number of unbranched alkanes of at least 4 members (excludes halogenated alkanes) is 3. The van der Waals surface area contributed by atoms with Crippen molar-refractivity contribution in [2.24, 2.45) is 0 Å². The Hall–Kier alpha value is -1.59. The van der Waals surface area contributed by atoms with Crippen molar-refractivity contribution in [3.05, 3.63) is 35.9 Å². The largest absolute Gasteiger partial charge is 0.494 e. The Kier molecular flexibility index (Phi) is 11.8. The predicted octanol–water partition coefficient (Wildman–Crippen LogP) is 3.74. The quantitative estimate of drug-likeness (QED) is 0.235. The third-order valence-electron chi connectivity index (χ3n) is 3.55. The van der Waals surface area contributed by atoms with E-state index in [9.17, 15) is 4.79 Å². The van der Waals surface area contributed by atoms with Crippen molar-refractivity contribution in [1.29, 1.82) is 0 Å². The van der Waals surface area contributed by atoms with Crippen molar-refractivity contribution < 1.29 is 18.7 Å². The Labute approximate surface area is 148 Å². The van der Waals surface area contributed by atoms with Gasteiger partial charge in [0, 0.05) is 13.2 Å². The molecule has 0 atom stereocenters. The summed E-state index contributed by atoms with van der Waals surface area (Å²) in [4.78, 5) is 11.6. The Bertz CT molecular complexity index is 471. The summed E-state index contributed by atoms with van der Waals surface area (Å²) in [7, 11) is 1.41. The van der Waals surface area contributed by atoms with Crippen LogP contribution in [0.25, 0.3) is 6.08 Å². The zero-order valence-electron chi connectivity index (χ0n) is 15.0. The number of hydrogen-bond donors (Lipinski definition) is 0. The van der Waals surface area contributed by atoms with E-state index in [1.54, 1.807) is 13.2 Å². The maximum absolute atomic E-state index is 11.6. The molecule has 0 saturated heterocycles. The molecule has 0 saturated carbocycles. The lowest BCUT2D eigenvalue weighted by molar-refractivity contribution is -0.137. The van der Waals surface area contributed by atoms with E-state index in [1.165, 1.54) is 18.9 Å². The van der Waals surface area contributed by atoms with E-state index >= 15 is 0 Å². The van der Waals surface area contributed by atoms with Gasteiger partial charge in [-0.1, -0.05) is 38.3 Å². The van der Waals surface area contributed by atoms with Crippen LogP contribution in [0, 0.1) is 0 Å². The van der Waals surface area contributed by atoms with Crippen molar-refractivity contribution in [1.82, 2.24) is 0 Å². The van der Waals surface area contributed by atoms with Crippen LogP contribution in [0.4, 0.5) is 0 Å². The molecule has 0 fully saturated rings. The first kappa shape index (κ1) is 20.5. The summed E-state index contributed by atoms with van der Waals surface area (Å²) in [6.45, 7) is 3.41. The number of hydrogen-bond acceptors (Lipinski definition) is 4. The van der Waals surface area contributed by atoms with Crippen LogP contribution < -0.4 is 4.74 Å². The van der Waals surface area contributed by atoms with Crippen LogP contribution in [0.2, 0.25) is 6.04 Å². The van der Waals surface area contributed by atoms with E-state index in [4.69, 9.17) is 13.9 Å². The topological polar surface area (TPSA) is 44.8 Å².